The lowest BCUT2D eigenvalue weighted by Crippen LogP contribution is -2.41. The average molecular weight is 543 g/mol. The van der Waals surface area contributed by atoms with Gasteiger partial charge < -0.3 is 4.74 Å². The zero-order chi connectivity index (χ0) is 28.3. The van der Waals surface area contributed by atoms with E-state index in [9.17, 15) is 4.79 Å². The summed E-state index contributed by atoms with van der Waals surface area (Å²) in [4.78, 5) is 20.8. The Labute approximate surface area is 240 Å². The molecule has 2 saturated carbocycles. The lowest BCUT2D eigenvalue weighted by molar-refractivity contribution is -0.123. The molecule has 0 unspecified atom stereocenters. The van der Waals surface area contributed by atoms with Crippen LogP contribution in [0.4, 0.5) is 5.82 Å². The first kappa shape index (κ1) is 28.4. The largest absolute Gasteiger partial charge is 0.496 e. The molecular weight excluding hydrogens is 496 g/mol. The Bertz CT molecular complexity index is 1290. The molecule has 1 amide bonds. The number of anilines is 1. The number of rotatable bonds is 7. The number of carbonyl (C=O) groups is 1. The molecule has 0 bridgehead atoms. The van der Waals surface area contributed by atoms with E-state index in [1.54, 1.807) is 7.11 Å². The van der Waals surface area contributed by atoms with Gasteiger partial charge >= 0.3 is 0 Å². The van der Waals surface area contributed by atoms with Crippen LogP contribution in [-0.4, -0.2) is 34.3 Å². The van der Waals surface area contributed by atoms with E-state index in [1.807, 2.05) is 28.0 Å². The fraction of sp³-hybridized carbons (Fsp3) is 0.559. The number of aromatic nitrogens is 3. The Hall–Kier alpha value is -3.15. The predicted molar refractivity (Wildman–Crippen MR) is 162 cm³/mol. The fourth-order valence-electron chi connectivity index (χ4n) is 6.54. The summed E-state index contributed by atoms with van der Waals surface area (Å²) in [6, 6.07) is 10.7. The Morgan fingerprint density at radius 2 is 1.75 bits per heavy atom. The molecule has 0 radical (unpaired) electrons. The first-order valence-corrected chi connectivity index (χ1v) is 15.2. The second-order valence-corrected chi connectivity index (χ2v) is 13.0. The van der Waals surface area contributed by atoms with E-state index in [2.05, 4.69) is 63.3 Å². The van der Waals surface area contributed by atoms with Gasteiger partial charge in [0.2, 0.25) is 5.91 Å². The summed E-state index contributed by atoms with van der Waals surface area (Å²) in [6.07, 6.45) is 16.0. The molecule has 0 saturated heterocycles. The molecular formula is C34H46N4O2. The summed E-state index contributed by atoms with van der Waals surface area (Å²) in [5.41, 5.74) is 4.64. The van der Waals surface area contributed by atoms with Gasteiger partial charge in [-0.2, -0.15) is 5.10 Å². The SMILES string of the molecule is COc1ccc([C@H]2CC[C@H](CN(C(=O)C3CCCCC3)c3cc(-c4cnn(C(C)(C)C)c4)ccn3)CC2)cc1C. The molecule has 2 aromatic heterocycles. The minimum Gasteiger partial charge on any atom is -0.496 e. The molecule has 5 rings (SSSR count). The van der Waals surface area contributed by atoms with Crippen LogP contribution < -0.4 is 9.64 Å². The molecule has 6 nitrogen and oxygen atoms in total. The number of carbonyl (C=O) groups excluding carboxylic acids is 1. The van der Waals surface area contributed by atoms with Gasteiger partial charge in [0, 0.05) is 30.4 Å². The molecule has 2 aliphatic carbocycles. The van der Waals surface area contributed by atoms with Crippen molar-refractivity contribution < 1.29 is 9.53 Å². The number of benzene rings is 1. The highest BCUT2D eigenvalue weighted by Gasteiger charge is 2.31. The highest BCUT2D eigenvalue weighted by molar-refractivity contribution is 5.94. The van der Waals surface area contributed by atoms with Crippen LogP contribution in [-0.2, 0) is 10.3 Å². The lowest BCUT2D eigenvalue weighted by atomic mass is 9.78. The number of nitrogens with zero attached hydrogens (tertiary/aromatic N) is 4. The highest BCUT2D eigenvalue weighted by atomic mass is 16.5. The average Bonchev–Trinajstić information content (AvgIpc) is 3.48. The third kappa shape index (κ3) is 6.42. The maximum atomic E-state index is 14.0. The third-order valence-electron chi connectivity index (χ3n) is 9.02. The van der Waals surface area contributed by atoms with Gasteiger partial charge in [0.25, 0.3) is 0 Å². The minimum absolute atomic E-state index is 0.0829. The van der Waals surface area contributed by atoms with Crippen molar-refractivity contribution in [2.24, 2.45) is 11.8 Å². The minimum atomic E-state index is -0.0829. The van der Waals surface area contributed by atoms with Crippen LogP contribution >= 0.6 is 0 Å². The van der Waals surface area contributed by atoms with Gasteiger partial charge in [-0.1, -0.05) is 31.4 Å². The van der Waals surface area contributed by atoms with Gasteiger partial charge in [0.1, 0.15) is 11.6 Å². The number of hydrogen-bond acceptors (Lipinski definition) is 4. The zero-order valence-electron chi connectivity index (χ0n) is 25.0. The molecule has 6 heteroatoms. The van der Waals surface area contributed by atoms with Gasteiger partial charge in [-0.05, 0) is 113 Å². The van der Waals surface area contributed by atoms with Crippen LogP contribution in [0.1, 0.15) is 95.6 Å². The summed E-state index contributed by atoms with van der Waals surface area (Å²) in [5, 5.41) is 4.60. The standard InChI is InChI=1S/C34H46N4O2/c1-24-19-28(15-16-31(24)40-5)26-13-11-25(12-14-26)22-37(33(39)27-9-7-6-8-10-27)32-20-29(17-18-35-32)30-21-36-38(23-30)34(2,3)4/h15-21,23,25-27H,6-14,22H2,1-5H3/t25-,26-. The summed E-state index contributed by atoms with van der Waals surface area (Å²) in [5.74, 6) is 3.17. The number of pyridine rings is 1. The zero-order valence-corrected chi connectivity index (χ0v) is 25.0. The van der Waals surface area contributed by atoms with Crippen molar-refractivity contribution in [1.29, 1.82) is 0 Å². The first-order valence-electron chi connectivity index (χ1n) is 15.2. The number of amides is 1. The first-order chi connectivity index (χ1) is 19.2. The maximum absolute atomic E-state index is 14.0. The maximum Gasteiger partial charge on any atom is 0.231 e. The fourth-order valence-corrected chi connectivity index (χ4v) is 6.54. The normalized spacial score (nSPS) is 20.3. The molecule has 0 atom stereocenters. The Morgan fingerprint density at radius 3 is 2.40 bits per heavy atom. The van der Waals surface area contributed by atoms with E-state index in [0.717, 1.165) is 80.6 Å². The van der Waals surface area contributed by atoms with Gasteiger partial charge in [0.15, 0.2) is 0 Å². The van der Waals surface area contributed by atoms with Crippen molar-refractivity contribution in [3.63, 3.8) is 0 Å². The molecule has 0 spiro atoms. The van der Waals surface area contributed by atoms with Crippen molar-refractivity contribution in [2.75, 3.05) is 18.6 Å². The summed E-state index contributed by atoms with van der Waals surface area (Å²) in [6.45, 7) is 9.32. The molecule has 1 aromatic carbocycles. The van der Waals surface area contributed by atoms with Crippen LogP contribution in [0.25, 0.3) is 11.1 Å². The van der Waals surface area contributed by atoms with Crippen LogP contribution in [0.2, 0.25) is 0 Å². The van der Waals surface area contributed by atoms with Gasteiger partial charge in [0.05, 0.1) is 18.8 Å². The van der Waals surface area contributed by atoms with E-state index in [-0.39, 0.29) is 17.4 Å². The van der Waals surface area contributed by atoms with Gasteiger partial charge in [-0.3, -0.25) is 14.4 Å². The number of aryl methyl sites for hydroxylation is 1. The van der Waals surface area contributed by atoms with Crippen molar-refractivity contribution in [1.82, 2.24) is 14.8 Å². The topological polar surface area (TPSA) is 60.2 Å². The molecule has 0 N–H and O–H groups in total. The predicted octanol–water partition coefficient (Wildman–Crippen LogP) is 7.90. The second kappa shape index (κ2) is 12.2. The molecule has 40 heavy (non-hydrogen) atoms. The highest BCUT2D eigenvalue weighted by Crippen LogP contribution is 2.38. The Kier molecular flexibility index (Phi) is 8.62. The molecule has 0 aliphatic heterocycles. The van der Waals surface area contributed by atoms with E-state index in [1.165, 1.54) is 17.5 Å². The third-order valence-corrected chi connectivity index (χ3v) is 9.02. The van der Waals surface area contributed by atoms with Gasteiger partial charge in [-0.15, -0.1) is 0 Å². The van der Waals surface area contributed by atoms with E-state index >= 15 is 0 Å². The van der Waals surface area contributed by atoms with E-state index in [4.69, 9.17) is 9.72 Å². The molecule has 2 heterocycles. The van der Waals surface area contributed by atoms with Crippen LogP contribution in [0, 0.1) is 18.8 Å². The number of methoxy groups -OCH3 is 1. The Morgan fingerprint density at radius 1 is 1.00 bits per heavy atom. The molecule has 2 fully saturated rings. The van der Waals surface area contributed by atoms with E-state index in [0.29, 0.717) is 11.8 Å². The van der Waals surface area contributed by atoms with Gasteiger partial charge in [-0.25, -0.2) is 4.98 Å². The summed E-state index contributed by atoms with van der Waals surface area (Å²) >= 11 is 0. The van der Waals surface area contributed by atoms with Crippen molar-refractivity contribution >= 4 is 11.7 Å². The lowest BCUT2D eigenvalue weighted by Gasteiger charge is -2.35. The van der Waals surface area contributed by atoms with Crippen LogP contribution in [0.3, 0.4) is 0 Å². The molecule has 3 aromatic rings. The summed E-state index contributed by atoms with van der Waals surface area (Å²) < 4.78 is 7.46. The molecule has 214 valence electrons. The quantitative estimate of drug-likeness (QED) is 0.304. The number of ether oxygens (including phenoxy) is 1. The van der Waals surface area contributed by atoms with Crippen molar-refractivity contribution in [3.8, 4) is 16.9 Å². The summed E-state index contributed by atoms with van der Waals surface area (Å²) in [7, 11) is 1.73. The second-order valence-electron chi connectivity index (χ2n) is 13.0. The van der Waals surface area contributed by atoms with Crippen molar-refractivity contribution in [3.05, 3.63) is 60.0 Å². The van der Waals surface area contributed by atoms with Crippen LogP contribution in [0.5, 0.6) is 5.75 Å². The molecule has 2 aliphatic rings. The smallest absolute Gasteiger partial charge is 0.231 e. The van der Waals surface area contributed by atoms with E-state index < -0.39 is 0 Å². The number of hydrogen-bond donors (Lipinski definition) is 0. The van der Waals surface area contributed by atoms with Crippen LogP contribution in [0.15, 0.2) is 48.9 Å². The Balaban J connectivity index is 1.34. The van der Waals surface area contributed by atoms with Crippen molar-refractivity contribution in [2.45, 2.75) is 96.9 Å². The monoisotopic (exact) mass is 542 g/mol.